The van der Waals surface area contributed by atoms with Crippen molar-refractivity contribution in [1.82, 2.24) is 19.5 Å². The van der Waals surface area contributed by atoms with Crippen LogP contribution in [0.1, 0.15) is 18.7 Å². The van der Waals surface area contributed by atoms with Gasteiger partial charge in [-0.3, -0.25) is 4.40 Å². The van der Waals surface area contributed by atoms with Crippen molar-refractivity contribution in [3.8, 4) is 0 Å². The Morgan fingerprint density at radius 1 is 1.44 bits per heavy atom. The molecule has 0 aromatic carbocycles. The summed E-state index contributed by atoms with van der Waals surface area (Å²) in [6.07, 6.45) is 5.53. The van der Waals surface area contributed by atoms with Gasteiger partial charge in [0.05, 0.1) is 0 Å². The first-order valence-electron chi connectivity index (χ1n) is 6.50. The molecule has 2 N–H and O–H groups in total. The second-order valence-electron chi connectivity index (χ2n) is 5.28. The van der Waals surface area contributed by atoms with Crippen molar-refractivity contribution in [2.75, 3.05) is 25.9 Å². The summed E-state index contributed by atoms with van der Waals surface area (Å²) in [5.74, 6) is 1.74. The van der Waals surface area contributed by atoms with Crippen LogP contribution in [0.4, 0.5) is 5.69 Å². The first kappa shape index (κ1) is 11.5. The minimum absolute atomic E-state index is 0.689. The molecule has 0 radical (unpaired) electrons. The van der Waals surface area contributed by atoms with Crippen LogP contribution in [0.15, 0.2) is 18.3 Å². The Kier molecular flexibility index (Phi) is 2.91. The number of fused-ring (bicyclic) bond motifs is 1. The van der Waals surface area contributed by atoms with Gasteiger partial charge in [0, 0.05) is 30.9 Å². The Labute approximate surface area is 107 Å². The van der Waals surface area contributed by atoms with E-state index in [1.54, 1.807) is 0 Å². The van der Waals surface area contributed by atoms with E-state index in [1.165, 1.54) is 19.4 Å². The van der Waals surface area contributed by atoms with E-state index in [0.29, 0.717) is 5.92 Å². The zero-order valence-corrected chi connectivity index (χ0v) is 10.7. The first-order chi connectivity index (χ1) is 8.72. The number of nitrogen functional groups attached to an aromatic ring is 1. The van der Waals surface area contributed by atoms with Crippen molar-refractivity contribution in [2.45, 2.75) is 19.3 Å². The van der Waals surface area contributed by atoms with Gasteiger partial charge in [-0.05, 0) is 38.4 Å². The summed E-state index contributed by atoms with van der Waals surface area (Å²) in [4.78, 5) is 2.40. The molecular formula is C13H19N5. The summed E-state index contributed by atoms with van der Waals surface area (Å²) < 4.78 is 2.05. The second kappa shape index (κ2) is 4.57. The average molecular weight is 245 g/mol. The first-order valence-corrected chi connectivity index (χ1v) is 6.50. The minimum Gasteiger partial charge on any atom is -0.399 e. The Hall–Kier alpha value is -1.62. The zero-order chi connectivity index (χ0) is 12.5. The van der Waals surface area contributed by atoms with E-state index < -0.39 is 0 Å². The molecule has 3 heterocycles. The van der Waals surface area contributed by atoms with Gasteiger partial charge in [-0.2, -0.15) is 0 Å². The maximum absolute atomic E-state index is 5.75. The fourth-order valence-electron chi connectivity index (χ4n) is 2.79. The molecule has 1 aliphatic rings. The number of nitrogens with two attached hydrogens (primary N) is 1. The maximum Gasteiger partial charge on any atom is 0.162 e. The van der Waals surface area contributed by atoms with Gasteiger partial charge in [0.1, 0.15) is 5.82 Å². The van der Waals surface area contributed by atoms with E-state index in [1.807, 2.05) is 22.7 Å². The van der Waals surface area contributed by atoms with Crippen molar-refractivity contribution in [3.63, 3.8) is 0 Å². The van der Waals surface area contributed by atoms with Crippen LogP contribution < -0.4 is 5.73 Å². The van der Waals surface area contributed by atoms with E-state index in [9.17, 15) is 0 Å². The molecule has 5 heteroatoms. The van der Waals surface area contributed by atoms with Crippen LogP contribution >= 0.6 is 0 Å². The standard InChI is InChI=1S/C13H19N5/c1-17-5-2-3-10(9-17)7-12-15-16-13-8-11(14)4-6-18(12)13/h4,6,8,10H,2-3,5,7,9,14H2,1H3. The lowest BCUT2D eigenvalue weighted by Gasteiger charge is -2.29. The van der Waals surface area contributed by atoms with Gasteiger partial charge in [-0.25, -0.2) is 0 Å². The van der Waals surface area contributed by atoms with Gasteiger partial charge in [0.2, 0.25) is 0 Å². The number of rotatable bonds is 2. The van der Waals surface area contributed by atoms with Crippen LogP contribution in [0.2, 0.25) is 0 Å². The van der Waals surface area contributed by atoms with Gasteiger partial charge >= 0.3 is 0 Å². The van der Waals surface area contributed by atoms with Crippen molar-refractivity contribution in [1.29, 1.82) is 0 Å². The summed E-state index contributed by atoms with van der Waals surface area (Å²) in [5, 5.41) is 8.48. The van der Waals surface area contributed by atoms with Crippen LogP contribution in [-0.2, 0) is 6.42 Å². The quantitative estimate of drug-likeness (QED) is 0.863. The van der Waals surface area contributed by atoms with Crippen molar-refractivity contribution >= 4 is 11.3 Å². The highest BCUT2D eigenvalue weighted by atomic mass is 15.2. The van der Waals surface area contributed by atoms with Crippen molar-refractivity contribution < 1.29 is 0 Å². The van der Waals surface area contributed by atoms with E-state index in [-0.39, 0.29) is 0 Å². The largest absolute Gasteiger partial charge is 0.399 e. The van der Waals surface area contributed by atoms with Crippen LogP contribution in [-0.4, -0.2) is 39.6 Å². The minimum atomic E-state index is 0.689. The molecule has 1 aliphatic heterocycles. The Morgan fingerprint density at radius 3 is 3.17 bits per heavy atom. The molecule has 0 saturated carbocycles. The third-order valence-corrected chi connectivity index (χ3v) is 3.70. The molecule has 2 aromatic heterocycles. The molecular weight excluding hydrogens is 226 g/mol. The van der Waals surface area contributed by atoms with Crippen molar-refractivity contribution in [2.24, 2.45) is 5.92 Å². The molecule has 0 spiro atoms. The lowest BCUT2D eigenvalue weighted by molar-refractivity contribution is 0.207. The predicted octanol–water partition coefficient (Wildman–Crippen LogP) is 1.20. The van der Waals surface area contributed by atoms with Gasteiger partial charge in [-0.1, -0.05) is 0 Å². The third kappa shape index (κ3) is 2.18. The monoisotopic (exact) mass is 245 g/mol. The van der Waals surface area contributed by atoms with E-state index in [0.717, 1.165) is 30.1 Å². The lowest BCUT2D eigenvalue weighted by Crippen LogP contribution is -2.33. The topological polar surface area (TPSA) is 59.5 Å². The molecule has 0 bridgehead atoms. The van der Waals surface area contributed by atoms with E-state index >= 15 is 0 Å². The molecule has 18 heavy (non-hydrogen) atoms. The number of piperidine rings is 1. The molecule has 2 aromatic rings. The number of nitrogens with zero attached hydrogens (tertiary/aromatic N) is 4. The lowest BCUT2D eigenvalue weighted by atomic mass is 9.95. The Balaban J connectivity index is 1.82. The summed E-state index contributed by atoms with van der Waals surface area (Å²) in [5.41, 5.74) is 7.32. The van der Waals surface area contributed by atoms with Crippen molar-refractivity contribution in [3.05, 3.63) is 24.2 Å². The molecule has 1 unspecified atom stereocenters. The number of anilines is 1. The SMILES string of the molecule is CN1CCCC(Cc2nnc3cc(N)ccn23)C1. The maximum atomic E-state index is 5.75. The van der Waals surface area contributed by atoms with Gasteiger partial charge in [0.25, 0.3) is 0 Å². The van der Waals surface area contributed by atoms with E-state index in [2.05, 4.69) is 22.1 Å². The normalized spacial score (nSPS) is 21.5. The molecule has 5 nitrogen and oxygen atoms in total. The number of aromatic nitrogens is 3. The average Bonchev–Trinajstić information content (AvgIpc) is 2.72. The molecule has 3 rings (SSSR count). The molecule has 1 fully saturated rings. The van der Waals surface area contributed by atoms with Gasteiger partial charge in [-0.15, -0.1) is 10.2 Å². The van der Waals surface area contributed by atoms with Crippen LogP contribution in [0, 0.1) is 5.92 Å². The Bertz CT molecular complexity index is 547. The number of pyridine rings is 1. The highest BCUT2D eigenvalue weighted by Crippen LogP contribution is 2.19. The predicted molar refractivity (Wildman–Crippen MR) is 71.3 cm³/mol. The number of likely N-dealkylation sites (tertiary alicyclic amines) is 1. The van der Waals surface area contributed by atoms with Crippen LogP contribution in [0.25, 0.3) is 5.65 Å². The smallest absolute Gasteiger partial charge is 0.162 e. The fourth-order valence-corrected chi connectivity index (χ4v) is 2.79. The number of hydrogen-bond acceptors (Lipinski definition) is 4. The molecule has 1 atom stereocenters. The molecule has 0 amide bonds. The number of hydrogen-bond donors (Lipinski definition) is 1. The highest BCUT2D eigenvalue weighted by molar-refractivity contribution is 5.51. The van der Waals surface area contributed by atoms with Crippen LogP contribution in [0.3, 0.4) is 0 Å². The zero-order valence-electron chi connectivity index (χ0n) is 10.7. The summed E-state index contributed by atoms with van der Waals surface area (Å²) in [6.45, 7) is 2.37. The van der Waals surface area contributed by atoms with Crippen LogP contribution in [0.5, 0.6) is 0 Å². The Morgan fingerprint density at radius 2 is 2.33 bits per heavy atom. The van der Waals surface area contributed by atoms with Gasteiger partial charge in [0.15, 0.2) is 5.65 Å². The molecule has 1 saturated heterocycles. The third-order valence-electron chi connectivity index (χ3n) is 3.70. The van der Waals surface area contributed by atoms with E-state index in [4.69, 9.17) is 5.73 Å². The summed E-state index contributed by atoms with van der Waals surface area (Å²) >= 11 is 0. The summed E-state index contributed by atoms with van der Waals surface area (Å²) in [7, 11) is 2.19. The summed E-state index contributed by atoms with van der Waals surface area (Å²) in [6, 6.07) is 3.76. The van der Waals surface area contributed by atoms with Gasteiger partial charge < -0.3 is 10.6 Å². The highest BCUT2D eigenvalue weighted by Gasteiger charge is 2.19. The molecule has 96 valence electrons. The molecule has 0 aliphatic carbocycles. The second-order valence-corrected chi connectivity index (χ2v) is 5.28. The fraction of sp³-hybridized carbons (Fsp3) is 0.538.